The topological polar surface area (TPSA) is 47.0 Å². The van der Waals surface area contributed by atoms with Crippen molar-refractivity contribution < 1.29 is 4.74 Å². The Kier molecular flexibility index (Phi) is 3.93. The van der Waals surface area contributed by atoms with Gasteiger partial charge < -0.3 is 10.1 Å². The number of nitrogens with zero attached hydrogens (tertiary/aromatic N) is 2. The first-order valence-corrected chi connectivity index (χ1v) is 5.91. The summed E-state index contributed by atoms with van der Waals surface area (Å²) in [6, 6.07) is 7.61. The van der Waals surface area contributed by atoms with Crippen LogP contribution in [0.5, 0.6) is 5.75 Å². The molecule has 0 fully saturated rings. The van der Waals surface area contributed by atoms with Crippen molar-refractivity contribution in [2.24, 2.45) is 0 Å². The number of nitrogens with one attached hydrogen (secondary N) is 1. The number of ether oxygens (including phenoxy) is 1. The molecule has 0 spiro atoms. The van der Waals surface area contributed by atoms with Crippen LogP contribution in [0, 0.1) is 0 Å². The van der Waals surface area contributed by atoms with Gasteiger partial charge in [-0.15, -0.1) is 0 Å². The summed E-state index contributed by atoms with van der Waals surface area (Å²) >= 11 is 3.43. The van der Waals surface area contributed by atoms with Gasteiger partial charge in [0.2, 0.25) is 0 Å². The van der Waals surface area contributed by atoms with E-state index in [2.05, 4.69) is 31.2 Å². The van der Waals surface area contributed by atoms with Gasteiger partial charge in [0.15, 0.2) is 0 Å². The van der Waals surface area contributed by atoms with Crippen molar-refractivity contribution in [3.05, 3.63) is 47.0 Å². The zero-order valence-electron chi connectivity index (χ0n) is 9.35. The second kappa shape index (κ2) is 5.63. The fourth-order valence-corrected chi connectivity index (χ4v) is 1.86. The van der Waals surface area contributed by atoms with Gasteiger partial charge in [0, 0.05) is 28.6 Å². The predicted molar refractivity (Wildman–Crippen MR) is 70.1 cm³/mol. The summed E-state index contributed by atoms with van der Waals surface area (Å²) in [6.07, 6.45) is 3.46. The third kappa shape index (κ3) is 3.42. The highest BCUT2D eigenvalue weighted by Gasteiger charge is 2.00. The SMILES string of the molecule is COc1cc(Br)cc(NCc2ncccn2)c1. The first-order chi connectivity index (χ1) is 8.28. The fraction of sp³-hybridized carbons (Fsp3) is 0.167. The van der Waals surface area contributed by atoms with Gasteiger partial charge >= 0.3 is 0 Å². The summed E-state index contributed by atoms with van der Waals surface area (Å²) in [7, 11) is 1.64. The maximum absolute atomic E-state index is 5.19. The Balaban J connectivity index is 2.06. The average molecular weight is 294 g/mol. The van der Waals surface area contributed by atoms with Crippen molar-refractivity contribution in [2.45, 2.75) is 6.54 Å². The molecule has 0 saturated heterocycles. The Morgan fingerprint density at radius 3 is 2.71 bits per heavy atom. The van der Waals surface area contributed by atoms with Gasteiger partial charge in [-0.3, -0.25) is 0 Å². The summed E-state index contributed by atoms with van der Waals surface area (Å²) in [6.45, 7) is 0.584. The van der Waals surface area contributed by atoms with E-state index in [1.165, 1.54) is 0 Å². The Morgan fingerprint density at radius 2 is 2.00 bits per heavy atom. The van der Waals surface area contributed by atoms with Crippen LogP contribution in [0.4, 0.5) is 5.69 Å². The highest BCUT2D eigenvalue weighted by molar-refractivity contribution is 9.10. The number of hydrogen-bond donors (Lipinski definition) is 1. The molecule has 17 heavy (non-hydrogen) atoms. The lowest BCUT2D eigenvalue weighted by atomic mass is 10.3. The van der Waals surface area contributed by atoms with Gasteiger partial charge in [-0.1, -0.05) is 15.9 Å². The smallest absolute Gasteiger partial charge is 0.147 e. The van der Waals surface area contributed by atoms with Crippen LogP contribution in [0.1, 0.15) is 5.82 Å². The second-order valence-electron chi connectivity index (χ2n) is 3.40. The fourth-order valence-electron chi connectivity index (χ4n) is 1.39. The molecular formula is C12H12BrN3O. The van der Waals surface area contributed by atoms with E-state index in [4.69, 9.17) is 4.74 Å². The maximum Gasteiger partial charge on any atom is 0.147 e. The zero-order chi connectivity index (χ0) is 12.1. The van der Waals surface area contributed by atoms with Crippen LogP contribution in [0.15, 0.2) is 41.1 Å². The second-order valence-corrected chi connectivity index (χ2v) is 4.31. The molecule has 1 aromatic heterocycles. The molecule has 1 N–H and O–H groups in total. The molecular weight excluding hydrogens is 282 g/mol. The number of methoxy groups -OCH3 is 1. The predicted octanol–water partition coefficient (Wildman–Crippen LogP) is 2.86. The van der Waals surface area contributed by atoms with Gasteiger partial charge in [0.1, 0.15) is 11.6 Å². The van der Waals surface area contributed by atoms with Crippen LogP contribution in [0.2, 0.25) is 0 Å². The third-order valence-corrected chi connectivity index (χ3v) is 2.63. The molecule has 0 aliphatic heterocycles. The van der Waals surface area contributed by atoms with E-state index in [-0.39, 0.29) is 0 Å². The number of anilines is 1. The van der Waals surface area contributed by atoms with Crippen molar-refractivity contribution in [1.29, 1.82) is 0 Å². The quantitative estimate of drug-likeness (QED) is 0.942. The molecule has 4 nitrogen and oxygen atoms in total. The van der Waals surface area contributed by atoms with Crippen molar-refractivity contribution in [1.82, 2.24) is 9.97 Å². The monoisotopic (exact) mass is 293 g/mol. The zero-order valence-corrected chi connectivity index (χ0v) is 10.9. The first kappa shape index (κ1) is 11.9. The molecule has 0 radical (unpaired) electrons. The maximum atomic E-state index is 5.19. The lowest BCUT2D eigenvalue weighted by Crippen LogP contribution is -2.03. The summed E-state index contributed by atoms with van der Waals surface area (Å²) in [5.41, 5.74) is 0.962. The molecule has 0 unspecified atom stereocenters. The number of rotatable bonds is 4. The molecule has 0 aliphatic carbocycles. The number of hydrogen-bond acceptors (Lipinski definition) is 4. The number of benzene rings is 1. The summed E-state index contributed by atoms with van der Waals surface area (Å²) in [4.78, 5) is 8.28. The third-order valence-electron chi connectivity index (χ3n) is 2.18. The normalized spacial score (nSPS) is 10.0. The molecule has 88 valence electrons. The largest absolute Gasteiger partial charge is 0.497 e. The van der Waals surface area contributed by atoms with Crippen LogP contribution in [0.25, 0.3) is 0 Å². The average Bonchev–Trinajstić information content (AvgIpc) is 2.37. The summed E-state index contributed by atoms with van der Waals surface area (Å²) in [5.74, 6) is 1.56. The van der Waals surface area contributed by atoms with Gasteiger partial charge in [-0.25, -0.2) is 9.97 Å². The summed E-state index contributed by atoms with van der Waals surface area (Å²) in [5, 5.41) is 3.24. The number of halogens is 1. The van der Waals surface area contributed by atoms with E-state index in [1.807, 2.05) is 18.2 Å². The highest BCUT2D eigenvalue weighted by Crippen LogP contribution is 2.24. The van der Waals surface area contributed by atoms with Crippen LogP contribution in [-0.4, -0.2) is 17.1 Å². The molecule has 0 bridgehead atoms. The molecule has 1 aromatic carbocycles. The lowest BCUT2D eigenvalue weighted by molar-refractivity contribution is 0.414. The van der Waals surface area contributed by atoms with Crippen molar-refractivity contribution in [2.75, 3.05) is 12.4 Å². The molecule has 0 saturated carbocycles. The standard InChI is InChI=1S/C12H12BrN3O/c1-17-11-6-9(13)5-10(7-11)16-8-12-14-3-2-4-15-12/h2-7,16H,8H2,1H3. The van der Waals surface area contributed by atoms with E-state index in [1.54, 1.807) is 25.6 Å². The molecule has 2 rings (SSSR count). The van der Waals surface area contributed by atoms with Crippen LogP contribution >= 0.6 is 15.9 Å². The highest BCUT2D eigenvalue weighted by atomic mass is 79.9. The molecule has 5 heteroatoms. The Hall–Kier alpha value is -1.62. The van der Waals surface area contributed by atoms with E-state index in [0.717, 1.165) is 21.7 Å². The first-order valence-electron chi connectivity index (χ1n) is 5.12. The summed E-state index contributed by atoms with van der Waals surface area (Å²) < 4.78 is 6.15. The van der Waals surface area contributed by atoms with Gasteiger partial charge in [0.25, 0.3) is 0 Å². The van der Waals surface area contributed by atoms with E-state index in [0.29, 0.717) is 6.54 Å². The van der Waals surface area contributed by atoms with E-state index < -0.39 is 0 Å². The lowest BCUT2D eigenvalue weighted by Gasteiger charge is -2.08. The van der Waals surface area contributed by atoms with Crippen molar-refractivity contribution in [3.8, 4) is 5.75 Å². The van der Waals surface area contributed by atoms with Crippen LogP contribution in [-0.2, 0) is 6.54 Å². The molecule has 0 atom stereocenters. The van der Waals surface area contributed by atoms with Crippen LogP contribution in [0.3, 0.4) is 0 Å². The minimum absolute atomic E-state index is 0.584. The van der Waals surface area contributed by atoms with Crippen LogP contribution < -0.4 is 10.1 Å². The molecule has 1 heterocycles. The molecule has 2 aromatic rings. The van der Waals surface area contributed by atoms with Gasteiger partial charge in [-0.2, -0.15) is 0 Å². The van der Waals surface area contributed by atoms with Crippen molar-refractivity contribution in [3.63, 3.8) is 0 Å². The molecule has 0 aliphatic rings. The van der Waals surface area contributed by atoms with E-state index in [9.17, 15) is 0 Å². The minimum Gasteiger partial charge on any atom is -0.497 e. The minimum atomic E-state index is 0.584. The van der Waals surface area contributed by atoms with Crippen molar-refractivity contribution >= 4 is 21.6 Å². The Labute approximate surface area is 108 Å². The Bertz CT molecular complexity index is 490. The Morgan fingerprint density at radius 1 is 1.24 bits per heavy atom. The van der Waals surface area contributed by atoms with Gasteiger partial charge in [-0.05, 0) is 18.2 Å². The van der Waals surface area contributed by atoms with E-state index >= 15 is 0 Å². The molecule has 0 amide bonds. The van der Waals surface area contributed by atoms with Gasteiger partial charge in [0.05, 0.1) is 13.7 Å². The number of aromatic nitrogens is 2.